The number of carbonyl (C=O) groups is 1. The maximum Gasteiger partial charge on any atom is 0.343 e. The summed E-state index contributed by atoms with van der Waals surface area (Å²) < 4.78 is 21.8. The monoisotopic (exact) mass is 374 g/mol. The summed E-state index contributed by atoms with van der Waals surface area (Å²) in [4.78, 5) is 26.8. The second-order valence-electron chi connectivity index (χ2n) is 7.46. The number of piperidine rings is 1. The maximum absolute atomic E-state index is 15.1. The van der Waals surface area contributed by atoms with E-state index in [1.165, 1.54) is 13.2 Å². The summed E-state index contributed by atoms with van der Waals surface area (Å²) in [6, 6.07) is 1.34. The molecule has 1 atom stereocenters. The van der Waals surface area contributed by atoms with Crippen LogP contribution in [0.3, 0.4) is 0 Å². The van der Waals surface area contributed by atoms with Gasteiger partial charge in [-0.1, -0.05) is 0 Å². The normalized spacial score (nSPS) is 20.1. The van der Waals surface area contributed by atoms with Crippen molar-refractivity contribution in [1.29, 1.82) is 0 Å². The molecule has 3 heterocycles. The van der Waals surface area contributed by atoms with Gasteiger partial charge in [-0.05, 0) is 38.7 Å². The third-order valence-electron chi connectivity index (χ3n) is 5.81. The summed E-state index contributed by atoms with van der Waals surface area (Å²) >= 11 is 0. The van der Waals surface area contributed by atoms with Crippen LogP contribution in [0, 0.1) is 5.82 Å². The van der Waals surface area contributed by atoms with Gasteiger partial charge >= 0.3 is 5.97 Å². The van der Waals surface area contributed by atoms with Crippen molar-refractivity contribution in [2.45, 2.75) is 44.8 Å². The van der Waals surface area contributed by atoms with Crippen LogP contribution < -0.4 is 10.3 Å². The van der Waals surface area contributed by atoms with Crippen molar-refractivity contribution in [2.24, 2.45) is 0 Å². The van der Waals surface area contributed by atoms with Gasteiger partial charge in [0.2, 0.25) is 5.43 Å². The number of esters is 1. The third-order valence-corrected chi connectivity index (χ3v) is 5.81. The van der Waals surface area contributed by atoms with E-state index in [0.717, 1.165) is 12.0 Å². The van der Waals surface area contributed by atoms with Gasteiger partial charge in [-0.15, -0.1) is 0 Å². The molecular formula is C20H23FN2O4. The number of hydrogen-bond donors (Lipinski definition) is 1. The first-order valence-corrected chi connectivity index (χ1v) is 9.34. The van der Waals surface area contributed by atoms with Crippen LogP contribution >= 0.6 is 0 Å². The highest BCUT2D eigenvalue weighted by atomic mass is 19.1. The molecule has 0 aliphatic carbocycles. The predicted molar refractivity (Wildman–Crippen MR) is 100.0 cm³/mol. The molecule has 144 valence electrons. The molecule has 1 fully saturated rings. The van der Waals surface area contributed by atoms with Gasteiger partial charge in [-0.3, -0.25) is 4.79 Å². The second-order valence-corrected chi connectivity index (χ2v) is 7.46. The number of aryl methyl sites for hydroxylation is 1. The first-order valence-electron chi connectivity index (χ1n) is 9.34. The number of carbonyl (C=O) groups excluding carboxylic acids is 1. The number of hydrogen-bond acceptors (Lipinski definition) is 5. The highest BCUT2D eigenvalue weighted by Gasteiger charge is 2.30. The Hall–Kier alpha value is -2.41. The zero-order valence-electron chi connectivity index (χ0n) is 15.5. The molecule has 0 bridgehead atoms. The van der Waals surface area contributed by atoms with Gasteiger partial charge in [-0.2, -0.15) is 0 Å². The Labute approximate surface area is 156 Å². The quantitative estimate of drug-likeness (QED) is 0.818. The van der Waals surface area contributed by atoms with Crippen LogP contribution in [0.15, 0.2) is 17.1 Å². The maximum atomic E-state index is 15.1. The predicted octanol–water partition coefficient (Wildman–Crippen LogP) is 2.40. The van der Waals surface area contributed by atoms with E-state index in [2.05, 4.69) is 0 Å². The Kier molecular flexibility index (Phi) is 4.42. The molecule has 1 unspecified atom stereocenters. The first-order chi connectivity index (χ1) is 12.9. The number of aliphatic hydroxyl groups is 1. The van der Waals surface area contributed by atoms with Crippen molar-refractivity contribution in [1.82, 2.24) is 4.57 Å². The third kappa shape index (κ3) is 2.81. The fourth-order valence-electron chi connectivity index (χ4n) is 4.32. The van der Waals surface area contributed by atoms with E-state index in [0.29, 0.717) is 43.6 Å². The van der Waals surface area contributed by atoms with E-state index in [1.807, 2.05) is 16.4 Å². The molecule has 0 radical (unpaired) electrons. The summed E-state index contributed by atoms with van der Waals surface area (Å²) in [6.07, 6.45) is 3.86. The second kappa shape index (κ2) is 6.64. The Morgan fingerprint density at radius 2 is 2.00 bits per heavy atom. The Balaban J connectivity index is 1.99. The van der Waals surface area contributed by atoms with Crippen LogP contribution in [0.1, 0.15) is 48.1 Å². The van der Waals surface area contributed by atoms with Gasteiger partial charge in [-0.25, -0.2) is 9.18 Å². The lowest BCUT2D eigenvalue weighted by atomic mass is 9.93. The number of rotatable bonds is 2. The molecule has 1 aromatic heterocycles. The fourth-order valence-corrected chi connectivity index (χ4v) is 4.32. The Morgan fingerprint density at radius 1 is 1.30 bits per heavy atom. The summed E-state index contributed by atoms with van der Waals surface area (Å²) in [6.45, 7) is 3.18. The summed E-state index contributed by atoms with van der Waals surface area (Å²) in [5.74, 6) is -1.16. The molecule has 2 aromatic rings. The van der Waals surface area contributed by atoms with Crippen molar-refractivity contribution < 1.29 is 19.0 Å². The summed E-state index contributed by atoms with van der Waals surface area (Å²) in [5.41, 5.74) is 1.48. The zero-order valence-corrected chi connectivity index (χ0v) is 15.5. The minimum atomic E-state index is -0.709. The molecule has 1 N–H and O–H groups in total. The molecule has 1 aromatic carbocycles. The smallest absolute Gasteiger partial charge is 0.343 e. The molecular weight excluding hydrogens is 351 g/mol. The SMILES string of the molecule is COC(=O)c1cn2c3c(c(N4CCC(O)CC4)c(F)cc3c1=O)CCC2C. The number of ether oxygens (including phenoxy) is 1. The highest BCUT2D eigenvalue weighted by molar-refractivity contribution is 5.96. The van der Waals surface area contributed by atoms with Crippen molar-refractivity contribution in [2.75, 3.05) is 25.1 Å². The number of aliphatic hydroxyl groups excluding tert-OH is 1. The number of anilines is 1. The van der Waals surface area contributed by atoms with Crippen LogP contribution in [0.4, 0.5) is 10.1 Å². The van der Waals surface area contributed by atoms with E-state index < -0.39 is 17.2 Å². The van der Waals surface area contributed by atoms with Gasteiger partial charge in [0.1, 0.15) is 11.4 Å². The van der Waals surface area contributed by atoms with Gasteiger partial charge < -0.3 is 19.3 Å². The van der Waals surface area contributed by atoms with Crippen molar-refractivity contribution in [3.05, 3.63) is 39.4 Å². The molecule has 0 saturated carbocycles. The molecule has 7 heteroatoms. The average molecular weight is 374 g/mol. The number of nitrogens with zero attached hydrogens (tertiary/aromatic N) is 2. The minimum absolute atomic E-state index is 0.0713. The molecule has 0 spiro atoms. The summed E-state index contributed by atoms with van der Waals surface area (Å²) in [5, 5.41) is 9.98. The average Bonchev–Trinajstić information content (AvgIpc) is 2.66. The molecule has 2 aliphatic rings. The van der Waals surface area contributed by atoms with Crippen molar-refractivity contribution in [3.63, 3.8) is 0 Å². The lowest BCUT2D eigenvalue weighted by molar-refractivity contribution is 0.0598. The van der Waals surface area contributed by atoms with Crippen molar-refractivity contribution in [3.8, 4) is 0 Å². The largest absolute Gasteiger partial charge is 0.465 e. The van der Waals surface area contributed by atoms with E-state index in [4.69, 9.17) is 4.74 Å². The van der Waals surface area contributed by atoms with Crippen LogP contribution in [-0.4, -0.2) is 41.9 Å². The van der Waals surface area contributed by atoms with Crippen LogP contribution in [0.25, 0.3) is 10.9 Å². The molecule has 6 nitrogen and oxygen atoms in total. The number of halogens is 1. The summed E-state index contributed by atoms with van der Waals surface area (Å²) in [7, 11) is 1.23. The molecule has 4 rings (SSSR count). The highest BCUT2D eigenvalue weighted by Crippen LogP contribution is 2.38. The minimum Gasteiger partial charge on any atom is -0.465 e. The standard InChI is InChI=1S/C20H23FN2O4/c1-11-3-4-13-17-14(19(25)15(10-23(11)17)20(26)27-2)9-16(21)18(13)22-7-5-12(24)6-8-22/h9-12,24H,3-8H2,1-2H3. The van der Waals surface area contributed by atoms with E-state index >= 15 is 4.39 Å². The lowest BCUT2D eigenvalue weighted by Gasteiger charge is -2.36. The van der Waals surface area contributed by atoms with Crippen molar-refractivity contribution >= 4 is 22.6 Å². The van der Waals surface area contributed by atoms with Gasteiger partial charge in [0.15, 0.2) is 0 Å². The van der Waals surface area contributed by atoms with Gasteiger partial charge in [0, 0.05) is 36.3 Å². The fraction of sp³-hybridized carbons (Fsp3) is 0.500. The number of methoxy groups -OCH3 is 1. The molecule has 0 amide bonds. The Bertz CT molecular complexity index is 976. The molecule has 1 saturated heterocycles. The topological polar surface area (TPSA) is 71.8 Å². The lowest BCUT2D eigenvalue weighted by Crippen LogP contribution is -2.37. The van der Waals surface area contributed by atoms with Crippen LogP contribution in [0.5, 0.6) is 0 Å². The number of pyridine rings is 1. The van der Waals surface area contributed by atoms with E-state index in [-0.39, 0.29) is 23.1 Å². The first kappa shape index (κ1) is 18.0. The Morgan fingerprint density at radius 3 is 2.67 bits per heavy atom. The van der Waals surface area contributed by atoms with Crippen LogP contribution in [0.2, 0.25) is 0 Å². The van der Waals surface area contributed by atoms with Gasteiger partial charge in [0.25, 0.3) is 0 Å². The number of benzene rings is 1. The molecule has 27 heavy (non-hydrogen) atoms. The number of aromatic nitrogens is 1. The van der Waals surface area contributed by atoms with Gasteiger partial charge in [0.05, 0.1) is 24.4 Å². The molecule has 2 aliphatic heterocycles. The van der Waals surface area contributed by atoms with E-state index in [9.17, 15) is 14.7 Å². The van der Waals surface area contributed by atoms with Crippen LogP contribution in [-0.2, 0) is 11.2 Å². The van der Waals surface area contributed by atoms with E-state index in [1.54, 1.807) is 6.20 Å². The zero-order chi connectivity index (χ0) is 19.3.